The predicted molar refractivity (Wildman–Crippen MR) is 83.9 cm³/mol. The molecule has 1 nitrogen and oxygen atoms in total. The first-order chi connectivity index (χ1) is 9.63. The van der Waals surface area contributed by atoms with Gasteiger partial charge in [0.15, 0.2) is 0 Å². The minimum absolute atomic E-state index is 0.174. The fourth-order valence-corrected chi connectivity index (χ4v) is 3.48. The van der Waals surface area contributed by atoms with E-state index in [0.29, 0.717) is 11.4 Å². The summed E-state index contributed by atoms with van der Waals surface area (Å²) in [5.74, 6) is -0.284. The smallest absolute Gasteiger partial charge is 0.123 e. The van der Waals surface area contributed by atoms with E-state index in [-0.39, 0.29) is 11.9 Å². The molecule has 0 saturated heterocycles. The first-order valence-corrected chi connectivity index (χ1v) is 7.51. The maximum Gasteiger partial charge on any atom is 0.123 e. The van der Waals surface area contributed by atoms with Crippen LogP contribution in [0.4, 0.5) is 4.39 Å². The summed E-state index contributed by atoms with van der Waals surface area (Å²) in [6.45, 7) is 0. The van der Waals surface area contributed by atoms with Gasteiger partial charge in [-0.25, -0.2) is 4.39 Å². The molecular formula is C16H13ClFNS. The Morgan fingerprint density at radius 3 is 2.75 bits per heavy atom. The number of benzene rings is 2. The lowest BCUT2D eigenvalue weighted by molar-refractivity contribution is 0.622. The second kappa shape index (κ2) is 5.52. The van der Waals surface area contributed by atoms with Crippen LogP contribution in [0.25, 0.3) is 10.1 Å². The Kier molecular flexibility index (Phi) is 3.74. The van der Waals surface area contributed by atoms with E-state index in [9.17, 15) is 4.39 Å². The van der Waals surface area contributed by atoms with Gasteiger partial charge in [-0.3, -0.25) is 0 Å². The third-order valence-corrected chi connectivity index (χ3v) is 4.87. The highest BCUT2D eigenvalue weighted by atomic mass is 35.5. The Hall–Kier alpha value is -1.42. The SMILES string of the molecule is NC(Cc1cc(F)ccc1Cl)c1cc2ccccc2s1. The number of thiophene rings is 1. The monoisotopic (exact) mass is 305 g/mol. The van der Waals surface area contributed by atoms with Crippen molar-refractivity contribution < 1.29 is 4.39 Å². The van der Waals surface area contributed by atoms with Crippen LogP contribution in [0.2, 0.25) is 5.02 Å². The van der Waals surface area contributed by atoms with E-state index in [4.69, 9.17) is 17.3 Å². The van der Waals surface area contributed by atoms with E-state index in [1.807, 2.05) is 12.1 Å². The number of hydrogen-bond donors (Lipinski definition) is 1. The van der Waals surface area contributed by atoms with Crippen LogP contribution < -0.4 is 5.73 Å². The molecule has 0 bridgehead atoms. The molecule has 0 fully saturated rings. The summed E-state index contributed by atoms with van der Waals surface area (Å²) in [4.78, 5) is 1.09. The standard InChI is InChI=1S/C16H13ClFNS/c17-13-6-5-12(18)7-11(13)8-14(19)16-9-10-3-1-2-4-15(10)20-16/h1-7,9,14H,8,19H2. The van der Waals surface area contributed by atoms with Gasteiger partial charge < -0.3 is 5.73 Å². The average molecular weight is 306 g/mol. The van der Waals surface area contributed by atoms with Gasteiger partial charge in [0, 0.05) is 20.6 Å². The summed E-state index contributed by atoms with van der Waals surface area (Å²) < 4.78 is 14.5. The minimum Gasteiger partial charge on any atom is -0.323 e. The quantitative estimate of drug-likeness (QED) is 0.729. The van der Waals surface area contributed by atoms with E-state index >= 15 is 0 Å². The third-order valence-electron chi connectivity index (χ3n) is 3.26. The summed E-state index contributed by atoms with van der Waals surface area (Å²) in [6, 6.07) is 14.5. The topological polar surface area (TPSA) is 26.0 Å². The van der Waals surface area contributed by atoms with Gasteiger partial charge in [0.25, 0.3) is 0 Å². The van der Waals surface area contributed by atoms with Crippen molar-refractivity contribution in [3.63, 3.8) is 0 Å². The van der Waals surface area contributed by atoms with Gasteiger partial charge in [-0.1, -0.05) is 29.8 Å². The molecule has 1 aromatic heterocycles. The van der Waals surface area contributed by atoms with E-state index in [1.54, 1.807) is 17.4 Å². The van der Waals surface area contributed by atoms with Gasteiger partial charge in [0.1, 0.15) is 5.82 Å². The maximum absolute atomic E-state index is 13.3. The molecule has 0 amide bonds. The van der Waals surface area contributed by atoms with Crippen molar-refractivity contribution in [2.45, 2.75) is 12.5 Å². The molecule has 0 aliphatic rings. The lowest BCUT2D eigenvalue weighted by atomic mass is 10.0. The normalized spacial score (nSPS) is 12.8. The Morgan fingerprint density at radius 2 is 1.95 bits per heavy atom. The van der Waals surface area contributed by atoms with Gasteiger partial charge >= 0.3 is 0 Å². The predicted octanol–water partition coefficient (Wildman–Crippen LogP) is 4.94. The van der Waals surface area contributed by atoms with Crippen molar-refractivity contribution in [1.82, 2.24) is 0 Å². The lowest BCUT2D eigenvalue weighted by Crippen LogP contribution is -2.12. The molecular weight excluding hydrogens is 293 g/mol. The number of fused-ring (bicyclic) bond motifs is 1. The highest BCUT2D eigenvalue weighted by molar-refractivity contribution is 7.19. The van der Waals surface area contributed by atoms with Crippen LogP contribution in [-0.2, 0) is 6.42 Å². The molecule has 3 aromatic rings. The second-order valence-corrected chi connectivity index (χ2v) is 6.26. The molecule has 0 saturated carbocycles. The van der Waals surface area contributed by atoms with Crippen molar-refractivity contribution in [1.29, 1.82) is 0 Å². The zero-order chi connectivity index (χ0) is 14.1. The van der Waals surface area contributed by atoms with Crippen LogP contribution in [0.3, 0.4) is 0 Å². The molecule has 2 aromatic carbocycles. The van der Waals surface area contributed by atoms with Gasteiger partial charge in [0.2, 0.25) is 0 Å². The van der Waals surface area contributed by atoms with Crippen LogP contribution >= 0.6 is 22.9 Å². The van der Waals surface area contributed by atoms with Crippen molar-refractivity contribution in [2.24, 2.45) is 5.73 Å². The number of nitrogens with two attached hydrogens (primary N) is 1. The molecule has 0 spiro atoms. The van der Waals surface area contributed by atoms with E-state index < -0.39 is 0 Å². The molecule has 1 atom stereocenters. The first-order valence-electron chi connectivity index (χ1n) is 6.31. The Morgan fingerprint density at radius 1 is 1.15 bits per heavy atom. The molecule has 0 aliphatic carbocycles. The number of rotatable bonds is 3. The summed E-state index contributed by atoms with van der Waals surface area (Å²) in [5, 5.41) is 1.75. The lowest BCUT2D eigenvalue weighted by Gasteiger charge is -2.11. The zero-order valence-corrected chi connectivity index (χ0v) is 12.2. The summed E-state index contributed by atoms with van der Waals surface area (Å²) in [6.07, 6.45) is 0.531. The molecule has 4 heteroatoms. The number of hydrogen-bond acceptors (Lipinski definition) is 2. The van der Waals surface area contributed by atoms with E-state index in [1.165, 1.54) is 22.2 Å². The van der Waals surface area contributed by atoms with Crippen LogP contribution in [0.1, 0.15) is 16.5 Å². The van der Waals surface area contributed by atoms with Gasteiger partial charge in [-0.05, 0) is 47.7 Å². The van der Waals surface area contributed by atoms with Gasteiger partial charge in [-0.15, -0.1) is 11.3 Å². The Bertz CT molecular complexity index is 720. The van der Waals surface area contributed by atoms with Crippen LogP contribution in [0.5, 0.6) is 0 Å². The Balaban J connectivity index is 1.88. The zero-order valence-electron chi connectivity index (χ0n) is 10.6. The van der Waals surface area contributed by atoms with Gasteiger partial charge in [0.05, 0.1) is 0 Å². The summed E-state index contributed by atoms with van der Waals surface area (Å²) in [5.41, 5.74) is 6.99. The van der Waals surface area contributed by atoms with Crippen molar-refractivity contribution in [3.05, 3.63) is 69.8 Å². The van der Waals surface area contributed by atoms with E-state index in [2.05, 4.69) is 18.2 Å². The van der Waals surface area contributed by atoms with Crippen LogP contribution in [0, 0.1) is 5.82 Å². The molecule has 0 aliphatic heterocycles. The fourth-order valence-electron chi connectivity index (χ4n) is 2.22. The molecule has 102 valence electrons. The summed E-state index contributed by atoms with van der Waals surface area (Å²) >= 11 is 7.76. The van der Waals surface area contributed by atoms with Crippen molar-refractivity contribution in [2.75, 3.05) is 0 Å². The fraction of sp³-hybridized carbons (Fsp3) is 0.125. The maximum atomic E-state index is 13.3. The van der Waals surface area contributed by atoms with Gasteiger partial charge in [-0.2, -0.15) is 0 Å². The van der Waals surface area contributed by atoms with Crippen LogP contribution in [0.15, 0.2) is 48.5 Å². The minimum atomic E-state index is -0.284. The average Bonchev–Trinajstić information content (AvgIpc) is 2.87. The van der Waals surface area contributed by atoms with Crippen molar-refractivity contribution >= 4 is 33.0 Å². The van der Waals surface area contributed by atoms with E-state index in [0.717, 1.165) is 10.4 Å². The largest absolute Gasteiger partial charge is 0.323 e. The van der Waals surface area contributed by atoms with Crippen LogP contribution in [-0.4, -0.2) is 0 Å². The molecule has 2 N–H and O–H groups in total. The highest BCUT2D eigenvalue weighted by Crippen LogP contribution is 2.31. The van der Waals surface area contributed by atoms with Crippen molar-refractivity contribution in [3.8, 4) is 0 Å². The third kappa shape index (κ3) is 2.70. The number of halogens is 2. The Labute approximate surface area is 125 Å². The molecule has 20 heavy (non-hydrogen) atoms. The molecule has 1 heterocycles. The molecule has 0 radical (unpaired) electrons. The highest BCUT2D eigenvalue weighted by Gasteiger charge is 2.13. The molecule has 3 rings (SSSR count). The second-order valence-electron chi connectivity index (χ2n) is 4.73. The molecule has 1 unspecified atom stereocenters. The summed E-state index contributed by atoms with van der Waals surface area (Å²) in [7, 11) is 0. The first kappa shape index (κ1) is 13.6.